The largest absolute Gasteiger partial charge is 0.496 e. The van der Waals surface area contributed by atoms with Crippen LogP contribution in [0.2, 0.25) is 0 Å². The highest BCUT2D eigenvalue weighted by atomic mass is 32.1. The Hall–Kier alpha value is -2.73. The number of aromatic nitrogens is 2. The minimum atomic E-state index is 0.0662. The number of hydrogen-bond acceptors (Lipinski definition) is 5. The zero-order valence-electron chi connectivity index (χ0n) is 15.8. The first-order chi connectivity index (χ1) is 13.1. The number of benzene rings is 1. The maximum absolute atomic E-state index is 13.1. The summed E-state index contributed by atoms with van der Waals surface area (Å²) in [6, 6.07) is 11.7. The molecule has 0 aliphatic rings. The molecule has 3 aromatic rings. The molecule has 0 unspecified atom stereocenters. The molecule has 6 heteroatoms. The van der Waals surface area contributed by atoms with Crippen molar-refractivity contribution in [1.82, 2.24) is 14.9 Å². The van der Waals surface area contributed by atoms with Crippen molar-refractivity contribution >= 4 is 17.2 Å². The summed E-state index contributed by atoms with van der Waals surface area (Å²) in [6.45, 7) is 4.90. The fraction of sp³-hybridized carbons (Fsp3) is 0.286. The van der Waals surface area contributed by atoms with Crippen LogP contribution in [0.25, 0.3) is 0 Å². The molecule has 3 rings (SSSR count). The molecule has 0 bridgehead atoms. The molecule has 140 valence electrons. The molecule has 0 aliphatic heterocycles. The topological polar surface area (TPSA) is 55.3 Å². The van der Waals surface area contributed by atoms with Gasteiger partial charge < -0.3 is 9.64 Å². The van der Waals surface area contributed by atoms with E-state index in [4.69, 9.17) is 4.74 Å². The first-order valence-corrected chi connectivity index (χ1v) is 9.60. The highest BCUT2D eigenvalue weighted by Gasteiger charge is 2.19. The molecule has 0 saturated carbocycles. The van der Waals surface area contributed by atoms with Crippen LogP contribution in [0, 0.1) is 13.8 Å². The number of aryl methyl sites for hydroxylation is 2. The van der Waals surface area contributed by atoms with Gasteiger partial charge in [-0.1, -0.05) is 24.3 Å². The maximum atomic E-state index is 13.1. The van der Waals surface area contributed by atoms with Crippen molar-refractivity contribution in [1.29, 1.82) is 0 Å². The molecule has 2 heterocycles. The predicted molar refractivity (Wildman–Crippen MR) is 107 cm³/mol. The van der Waals surface area contributed by atoms with E-state index in [1.54, 1.807) is 30.8 Å². The molecule has 0 atom stereocenters. The van der Waals surface area contributed by atoms with Gasteiger partial charge in [-0.25, -0.2) is 4.98 Å². The summed E-state index contributed by atoms with van der Waals surface area (Å²) in [7, 11) is 1.65. The van der Waals surface area contributed by atoms with Crippen LogP contribution in [0.4, 0.5) is 0 Å². The lowest BCUT2D eigenvalue weighted by Gasteiger charge is -2.24. The third kappa shape index (κ3) is 4.92. The summed E-state index contributed by atoms with van der Waals surface area (Å²) in [6.07, 6.45) is 3.89. The minimum absolute atomic E-state index is 0.0662. The zero-order chi connectivity index (χ0) is 19.2. The van der Waals surface area contributed by atoms with E-state index in [1.165, 1.54) is 0 Å². The number of para-hydroxylation sites is 1. The summed E-state index contributed by atoms with van der Waals surface area (Å²) in [5.74, 6) is 0.850. The van der Waals surface area contributed by atoms with Crippen molar-refractivity contribution in [2.75, 3.05) is 7.11 Å². The van der Waals surface area contributed by atoms with Gasteiger partial charge in [-0.3, -0.25) is 9.78 Å². The van der Waals surface area contributed by atoms with E-state index >= 15 is 0 Å². The maximum Gasteiger partial charge on any atom is 0.228 e. The van der Waals surface area contributed by atoms with E-state index in [2.05, 4.69) is 9.97 Å². The van der Waals surface area contributed by atoms with Gasteiger partial charge in [0.2, 0.25) is 5.91 Å². The summed E-state index contributed by atoms with van der Waals surface area (Å²) >= 11 is 1.58. The van der Waals surface area contributed by atoms with Crippen LogP contribution >= 0.6 is 11.3 Å². The summed E-state index contributed by atoms with van der Waals surface area (Å²) in [5, 5.41) is 0.985. The third-order valence-electron chi connectivity index (χ3n) is 4.31. The highest BCUT2D eigenvalue weighted by Crippen LogP contribution is 2.23. The number of thiazole rings is 1. The van der Waals surface area contributed by atoms with Crippen molar-refractivity contribution < 1.29 is 9.53 Å². The monoisotopic (exact) mass is 381 g/mol. The standard InChI is InChI=1S/C21H23N3O2S/c1-15-20(27-16(2)23-15)11-21(25)24(13-17-7-6-10-22-12-17)14-18-8-4-5-9-19(18)26-3/h4-10,12H,11,13-14H2,1-3H3. The van der Waals surface area contributed by atoms with Gasteiger partial charge in [0.25, 0.3) is 0 Å². The molecule has 0 fully saturated rings. The second-order valence-corrected chi connectivity index (χ2v) is 7.63. The highest BCUT2D eigenvalue weighted by molar-refractivity contribution is 7.11. The smallest absolute Gasteiger partial charge is 0.228 e. The van der Waals surface area contributed by atoms with Crippen LogP contribution in [0.1, 0.15) is 26.7 Å². The number of carbonyl (C=O) groups is 1. The third-order valence-corrected chi connectivity index (χ3v) is 5.39. The number of carbonyl (C=O) groups excluding carboxylic acids is 1. The van der Waals surface area contributed by atoms with Gasteiger partial charge in [0.1, 0.15) is 5.75 Å². The number of nitrogens with zero attached hydrogens (tertiary/aromatic N) is 3. The van der Waals surface area contributed by atoms with Gasteiger partial charge in [0.15, 0.2) is 0 Å². The van der Waals surface area contributed by atoms with Gasteiger partial charge in [0.05, 0.1) is 24.2 Å². The van der Waals surface area contributed by atoms with Crippen LogP contribution in [0.3, 0.4) is 0 Å². The van der Waals surface area contributed by atoms with Gasteiger partial charge in [0, 0.05) is 35.9 Å². The average molecular weight is 382 g/mol. The normalized spacial score (nSPS) is 10.6. The lowest BCUT2D eigenvalue weighted by Crippen LogP contribution is -2.31. The molecule has 0 spiro atoms. The number of methoxy groups -OCH3 is 1. The Balaban J connectivity index is 1.84. The molecule has 0 N–H and O–H groups in total. The molecule has 2 aromatic heterocycles. The fourth-order valence-electron chi connectivity index (χ4n) is 2.97. The molecule has 0 saturated heterocycles. The van der Waals surface area contributed by atoms with Crippen LogP contribution in [0.5, 0.6) is 5.75 Å². The molecule has 0 aliphatic carbocycles. The number of hydrogen-bond donors (Lipinski definition) is 0. The molecular formula is C21H23N3O2S. The Kier molecular flexibility index (Phi) is 6.19. The van der Waals surface area contributed by atoms with Crippen molar-refractivity contribution in [2.24, 2.45) is 0 Å². The molecule has 27 heavy (non-hydrogen) atoms. The Morgan fingerprint density at radius 3 is 2.63 bits per heavy atom. The Bertz CT molecular complexity index is 909. The molecule has 5 nitrogen and oxygen atoms in total. The SMILES string of the molecule is COc1ccccc1CN(Cc1cccnc1)C(=O)Cc1sc(C)nc1C. The summed E-state index contributed by atoms with van der Waals surface area (Å²) in [5.41, 5.74) is 2.91. The van der Waals surface area contributed by atoms with E-state index in [1.807, 2.05) is 55.1 Å². The van der Waals surface area contributed by atoms with Crippen LogP contribution in [-0.2, 0) is 24.3 Å². The van der Waals surface area contributed by atoms with Crippen molar-refractivity contribution in [3.05, 3.63) is 75.5 Å². The lowest BCUT2D eigenvalue weighted by atomic mass is 10.1. The van der Waals surface area contributed by atoms with E-state index in [0.29, 0.717) is 19.5 Å². The van der Waals surface area contributed by atoms with Gasteiger partial charge in [-0.15, -0.1) is 11.3 Å². The molecule has 1 amide bonds. The number of rotatable bonds is 7. The number of pyridine rings is 1. The second kappa shape index (κ2) is 8.77. The van der Waals surface area contributed by atoms with Crippen LogP contribution in [-0.4, -0.2) is 27.9 Å². The zero-order valence-corrected chi connectivity index (χ0v) is 16.6. The number of ether oxygens (including phenoxy) is 1. The second-order valence-electron chi connectivity index (χ2n) is 6.34. The van der Waals surface area contributed by atoms with E-state index in [9.17, 15) is 4.79 Å². The first-order valence-electron chi connectivity index (χ1n) is 8.78. The van der Waals surface area contributed by atoms with Gasteiger partial charge in [-0.2, -0.15) is 0 Å². The molecule has 1 aromatic carbocycles. The molecule has 0 radical (unpaired) electrons. The minimum Gasteiger partial charge on any atom is -0.496 e. The summed E-state index contributed by atoms with van der Waals surface area (Å²) < 4.78 is 5.46. The van der Waals surface area contributed by atoms with Gasteiger partial charge >= 0.3 is 0 Å². The van der Waals surface area contributed by atoms with Crippen LogP contribution in [0.15, 0.2) is 48.8 Å². The molecular weight excluding hydrogens is 358 g/mol. The average Bonchev–Trinajstić information content (AvgIpc) is 2.99. The van der Waals surface area contributed by atoms with Crippen molar-refractivity contribution in [2.45, 2.75) is 33.4 Å². The quantitative estimate of drug-likeness (QED) is 0.622. The Morgan fingerprint density at radius 2 is 1.96 bits per heavy atom. The fourth-order valence-corrected chi connectivity index (χ4v) is 3.90. The summed E-state index contributed by atoms with van der Waals surface area (Å²) in [4.78, 5) is 24.6. The van der Waals surface area contributed by atoms with Gasteiger partial charge in [-0.05, 0) is 31.5 Å². The van der Waals surface area contributed by atoms with E-state index in [0.717, 1.165) is 32.5 Å². The predicted octanol–water partition coefficient (Wildman–Crippen LogP) is 3.94. The van der Waals surface area contributed by atoms with E-state index in [-0.39, 0.29) is 5.91 Å². The first kappa shape index (κ1) is 19.0. The van der Waals surface area contributed by atoms with E-state index < -0.39 is 0 Å². The number of amides is 1. The Labute approximate surface area is 163 Å². The van der Waals surface area contributed by atoms with Crippen molar-refractivity contribution in [3.8, 4) is 5.75 Å². The van der Waals surface area contributed by atoms with Crippen LogP contribution < -0.4 is 4.74 Å². The Morgan fingerprint density at radius 1 is 1.15 bits per heavy atom. The lowest BCUT2D eigenvalue weighted by molar-refractivity contribution is -0.131. The van der Waals surface area contributed by atoms with Crippen molar-refractivity contribution in [3.63, 3.8) is 0 Å².